The Bertz CT molecular complexity index is 620. The quantitative estimate of drug-likeness (QED) is 0.767. The number of rotatable bonds is 5. The van der Waals surface area contributed by atoms with Crippen LogP contribution in [0.4, 0.5) is 10.5 Å². The number of amides is 2. The van der Waals surface area contributed by atoms with E-state index in [-0.39, 0.29) is 17.2 Å². The standard InChI is InChI=1S/C17H24N2O5/c1-10(2)13(19-16(23)24-17(3,4)5)14(20)18-12-9-7-6-8-11(12)15(21)22/h6-10,13H,1-5H3,(H,18,20)(H,19,23)(H,21,22)/t13-/m0/s1. The zero-order chi connectivity index (χ0) is 18.5. The molecule has 1 aromatic rings. The molecule has 0 aliphatic heterocycles. The number of carboxylic acids is 1. The maximum Gasteiger partial charge on any atom is 0.408 e. The molecular weight excluding hydrogens is 312 g/mol. The minimum Gasteiger partial charge on any atom is -0.478 e. The fourth-order valence-corrected chi connectivity index (χ4v) is 1.96. The highest BCUT2D eigenvalue weighted by Crippen LogP contribution is 2.16. The summed E-state index contributed by atoms with van der Waals surface area (Å²) in [6.07, 6.45) is -0.706. The van der Waals surface area contributed by atoms with Crippen molar-refractivity contribution in [3.8, 4) is 0 Å². The van der Waals surface area contributed by atoms with Crippen molar-refractivity contribution in [2.24, 2.45) is 5.92 Å². The monoisotopic (exact) mass is 336 g/mol. The van der Waals surface area contributed by atoms with Gasteiger partial charge in [0.05, 0.1) is 11.3 Å². The summed E-state index contributed by atoms with van der Waals surface area (Å²) >= 11 is 0. The van der Waals surface area contributed by atoms with E-state index in [4.69, 9.17) is 9.84 Å². The van der Waals surface area contributed by atoms with E-state index in [1.54, 1.807) is 46.8 Å². The summed E-state index contributed by atoms with van der Waals surface area (Å²) < 4.78 is 5.16. The fraction of sp³-hybridized carbons (Fsp3) is 0.471. The van der Waals surface area contributed by atoms with Gasteiger partial charge in [0.15, 0.2) is 0 Å². The highest BCUT2D eigenvalue weighted by atomic mass is 16.6. The molecule has 2 amide bonds. The molecule has 132 valence electrons. The van der Waals surface area contributed by atoms with Gasteiger partial charge in [-0.25, -0.2) is 9.59 Å². The van der Waals surface area contributed by atoms with Crippen molar-refractivity contribution in [2.75, 3.05) is 5.32 Å². The third-order valence-corrected chi connectivity index (χ3v) is 3.04. The van der Waals surface area contributed by atoms with Crippen molar-refractivity contribution < 1.29 is 24.2 Å². The predicted octanol–water partition coefficient (Wildman–Crippen LogP) is 2.87. The van der Waals surface area contributed by atoms with E-state index >= 15 is 0 Å². The van der Waals surface area contributed by atoms with Crippen LogP contribution in [0.2, 0.25) is 0 Å². The van der Waals surface area contributed by atoms with E-state index in [0.29, 0.717) is 0 Å². The Morgan fingerprint density at radius 1 is 1.12 bits per heavy atom. The Morgan fingerprint density at radius 2 is 1.71 bits per heavy atom. The number of hydrogen-bond donors (Lipinski definition) is 3. The average molecular weight is 336 g/mol. The van der Waals surface area contributed by atoms with Gasteiger partial charge < -0.3 is 20.5 Å². The van der Waals surface area contributed by atoms with Gasteiger partial charge in [0, 0.05) is 0 Å². The van der Waals surface area contributed by atoms with Gasteiger partial charge >= 0.3 is 12.1 Å². The maximum absolute atomic E-state index is 12.5. The Kier molecular flexibility index (Phi) is 6.34. The molecule has 0 aliphatic carbocycles. The summed E-state index contributed by atoms with van der Waals surface area (Å²) in [7, 11) is 0. The van der Waals surface area contributed by atoms with Gasteiger partial charge in [-0.2, -0.15) is 0 Å². The third-order valence-electron chi connectivity index (χ3n) is 3.04. The lowest BCUT2D eigenvalue weighted by Gasteiger charge is -2.25. The molecule has 0 aliphatic rings. The van der Waals surface area contributed by atoms with Crippen LogP contribution >= 0.6 is 0 Å². The summed E-state index contributed by atoms with van der Waals surface area (Å²) in [5.41, 5.74) is -0.532. The van der Waals surface area contributed by atoms with E-state index in [9.17, 15) is 14.4 Å². The number of anilines is 1. The Labute approximate surface area is 141 Å². The lowest BCUT2D eigenvalue weighted by Crippen LogP contribution is -2.48. The van der Waals surface area contributed by atoms with Crippen LogP contribution in [0, 0.1) is 5.92 Å². The largest absolute Gasteiger partial charge is 0.478 e. The second-order valence-corrected chi connectivity index (χ2v) is 6.71. The molecular formula is C17H24N2O5. The first-order chi connectivity index (χ1) is 11.0. The van der Waals surface area contributed by atoms with Crippen LogP contribution in [-0.2, 0) is 9.53 Å². The smallest absolute Gasteiger partial charge is 0.408 e. The normalized spacial score (nSPS) is 12.4. The number of carbonyl (C=O) groups is 3. The molecule has 7 nitrogen and oxygen atoms in total. The Hall–Kier alpha value is -2.57. The maximum atomic E-state index is 12.5. The molecule has 0 fully saturated rings. The zero-order valence-corrected chi connectivity index (χ0v) is 14.5. The third kappa shape index (κ3) is 5.91. The first-order valence-corrected chi connectivity index (χ1v) is 7.64. The topological polar surface area (TPSA) is 105 Å². The number of carbonyl (C=O) groups excluding carboxylic acids is 2. The number of ether oxygens (including phenoxy) is 1. The van der Waals surface area contributed by atoms with Crippen LogP contribution in [0.1, 0.15) is 45.0 Å². The molecule has 0 saturated carbocycles. The van der Waals surface area contributed by atoms with E-state index in [1.807, 2.05) is 0 Å². The van der Waals surface area contributed by atoms with Gasteiger partial charge in [-0.1, -0.05) is 26.0 Å². The minimum absolute atomic E-state index is 0.0226. The number of para-hydroxylation sites is 1. The molecule has 0 saturated heterocycles. The van der Waals surface area contributed by atoms with Gasteiger partial charge in [0.1, 0.15) is 11.6 Å². The van der Waals surface area contributed by atoms with Gasteiger partial charge in [0.25, 0.3) is 0 Å². The van der Waals surface area contributed by atoms with Crippen LogP contribution in [0.5, 0.6) is 0 Å². The SMILES string of the molecule is CC(C)[C@H](NC(=O)OC(C)(C)C)C(=O)Nc1ccccc1C(=O)O. The van der Waals surface area contributed by atoms with Crippen LogP contribution in [-0.4, -0.2) is 34.7 Å². The van der Waals surface area contributed by atoms with Crippen molar-refractivity contribution >= 4 is 23.7 Å². The second kappa shape index (κ2) is 7.81. The molecule has 0 heterocycles. The first-order valence-electron chi connectivity index (χ1n) is 7.64. The number of benzene rings is 1. The molecule has 0 spiro atoms. The van der Waals surface area contributed by atoms with Crippen molar-refractivity contribution in [3.05, 3.63) is 29.8 Å². The number of aromatic carboxylic acids is 1. The van der Waals surface area contributed by atoms with Crippen LogP contribution < -0.4 is 10.6 Å². The van der Waals surface area contributed by atoms with E-state index in [2.05, 4.69) is 10.6 Å². The number of alkyl carbamates (subject to hydrolysis) is 1. The van der Waals surface area contributed by atoms with E-state index in [0.717, 1.165) is 0 Å². The van der Waals surface area contributed by atoms with E-state index in [1.165, 1.54) is 12.1 Å². The number of hydrogen-bond acceptors (Lipinski definition) is 4. The van der Waals surface area contributed by atoms with Gasteiger partial charge in [-0.3, -0.25) is 4.79 Å². The van der Waals surface area contributed by atoms with Crippen molar-refractivity contribution in [2.45, 2.75) is 46.3 Å². The fourth-order valence-electron chi connectivity index (χ4n) is 1.96. The zero-order valence-electron chi connectivity index (χ0n) is 14.5. The van der Waals surface area contributed by atoms with Crippen LogP contribution in [0.25, 0.3) is 0 Å². The van der Waals surface area contributed by atoms with Crippen LogP contribution in [0.3, 0.4) is 0 Å². The Balaban J connectivity index is 2.89. The minimum atomic E-state index is -1.15. The summed E-state index contributed by atoms with van der Waals surface area (Å²) in [5.74, 6) is -1.87. The summed E-state index contributed by atoms with van der Waals surface area (Å²) in [5, 5.41) is 14.2. The first kappa shape index (κ1) is 19.5. The molecule has 1 rings (SSSR count). The molecule has 1 atom stereocenters. The molecule has 0 radical (unpaired) electrons. The molecule has 3 N–H and O–H groups in total. The molecule has 0 bridgehead atoms. The van der Waals surface area contributed by atoms with Gasteiger partial charge in [-0.15, -0.1) is 0 Å². The predicted molar refractivity (Wildman–Crippen MR) is 90.0 cm³/mol. The van der Waals surface area contributed by atoms with Crippen molar-refractivity contribution in [3.63, 3.8) is 0 Å². The number of carboxylic acid groups (broad SMARTS) is 1. The second-order valence-electron chi connectivity index (χ2n) is 6.71. The summed E-state index contributed by atoms with van der Waals surface area (Å²) in [4.78, 5) is 35.6. The van der Waals surface area contributed by atoms with Gasteiger partial charge in [0.2, 0.25) is 5.91 Å². The lowest BCUT2D eigenvalue weighted by atomic mass is 10.0. The highest BCUT2D eigenvalue weighted by molar-refractivity contribution is 6.02. The number of nitrogens with one attached hydrogen (secondary N) is 2. The van der Waals surface area contributed by atoms with E-state index < -0.39 is 29.6 Å². The molecule has 7 heteroatoms. The van der Waals surface area contributed by atoms with Crippen molar-refractivity contribution in [1.29, 1.82) is 0 Å². The summed E-state index contributed by atoms with van der Waals surface area (Å²) in [6.45, 7) is 8.70. The summed E-state index contributed by atoms with van der Waals surface area (Å²) in [6, 6.07) is 5.21. The Morgan fingerprint density at radius 3 is 2.21 bits per heavy atom. The molecule has 24 heavy (non-hydrogen) atoms. The van der Waals surface area contributed by atoms with Crippen LogP contribution in [0.15, 0.2) is 24.3 Å². The lowest BCUT2D eigenvalue weighted by molar-refractivity contribution is -0.119. The van der Waals surface area contributed by atoms with Gasteiger partial charge in [-0.05, 0) is 38.8 Å². The molecule has 1 aromatic carbocycles. The molecule has 0 unspecified atom stereocenters. The average Bonchev–Trinajstić information content (AvgIpc) is 2.42. The van der Waals surface area contributed by atoms with Crippen molar-refractivity contribution in [1.82, 2.24) is 5.32 Å². The highest BCUT2D eigenvalue weighted by Gasteiger charge is 2.27. The molecule has 0 aromatic heterocycles.